The van der Waals surface area contributed by atoms with Crippen LogP contribution in [0.3, 0.4) is 0 Å². The summed E-state index contributed by atoms with van der Waals surface area (Å²) in [6.07, 6.45) is 9.25. The normalized spacial score (nSPS) is 42.3. The summed E-state index contributed by atoms with van der Waals surface area (Å²) >= 11 is 0. The number of aliphatic hydroxyl groups excluding tert-OH is 2. The van der Waals surface area contributed by atoms with Crippen molar-refractivity contribution >= 4 is 11.6 Å². The van der Waals surface area contributed by atoms with E-state index < -0.39 is 18.5 Å². The van der Waals surface area contributed by atoms with Gasteiger partial charge in [0, 0.05) is 17.3 Å². The zero-order valence-electron chi connectivity index (χ0n) is 18.5. The highest BCUT2D eigenvalue weighted by Crippen LogP contribution is 2.66. The Balaban J connectivity index is 0.000000461. The van der Waals surface area contributed by atoms with E-state index in [0.29, 0.717) is 18.3 Å². The minimum Gasteiger partial charge on any atom is -0.393 e. The number of fused-ring (bicyclic) bond motifs is 5. The van der Waals surface area contributed by atoms with Gasteiger partial charge in [0.2, 0.25) is 0 Å². The maximum absolute atomic E-state index is 12.3. The Hall–Kier alpha value is -1.34. The largest absolute Gasteiger partial charge is 0.393 e. The highest BCUT2D eigenvalue weighted by Gasteiger charge is 2.62. The summed E-state index contributed by atoms with van der Waals surface area (Å²) in [5, 5.41) is 36.6. The Labute approximate surface area is 178 Å². The summed E-state index contributed by atoms with van der Waals surface area (Å²) in [5.74, 6) is -0.766. The molecule has 30 heavy (non-hydrogen) atoms. The number of carbonyl (C=O) groups excluding carboxylic acids is 2. The minimum atomic E-state index is -1.50. The molecule has 7 atom stereocenters. The summed E-state index contributed by atoms with van der Waals surface area (Å²) < 4.78 is 0. The summed E-state index contributed by atoms with van der Waals surface area (Å²) in [5.41, 5.74) is 0.688. The molecule has 4 N–H and O–H groups in total. The molecule has 3 fully saturated rings. The van der Waals surface area contributed by atoms with Gasteiger partial charge in [0.05, 0.1) is 6.10 Å². The fraction of sp³-hybridized carbons (Fsp3) is 0.750. The van der Waals surface area contributed by atoms with E-state index in [0.717, 1.165) is 31.3 Å². The van der Waals surface area contributed by atoms with Gasteiger partial charge in [-0.05, 0) is 75.4 Å². The molecule has 0 aromatic heterocycles. The number of hydrogen-bond donors (Lipinski definition) is 4. The summed E-state index contributed by atoms with van der Waals surface area (Å²) in [7, 11) is 0. The Morgan fingerprint density at radius 2 is 1.83 bits per heavy atom. The summed E-state index contributed by atoms with van der Waals surface area (Å²) in [6, 6.07) is 0. The molecule has 0 amide bonds. The number of aliphatic hydroxyl groups is 4. The van der Waals surface area contributed by atoms with Crippen LogP contribution in [0.1, 0.15) is 59.8 Å². The van der Waals surface area contributed by atoms with Crippen molar-refractivity contribution in [2.24, 2.45) is 34.5 Å². The smallest absolute Gasteiger partial charge is 0.178 e. The quantitative estimate of drug-likeness (QED) is 0.509. The second-order valence-corrected chi connectivity index (χ2v) is 10.5. The van der Waals surface area contributed by atoms with Gasteiger partial charge in [-0.25, -0.2) is 0 Å². The van der Waals surface area contributed by atoms with Gasteiger partial charge in [0.1, 0.15) is 6.61 Å². The van der Waals surface area contributed by atoms with Crippen LogP contribution < -0.4 is 0 Å². The molecule has 0 spiro atoms. The topological polar surface area (TPSA) is 115 Å². The van der Waals surface area contributed by atoms with Crippen LogP contribution >= 0.6 is 0 Å². The number of hydrogen-bond acceptors (Lipinski definition) is 6. The molecule has 0 bridgehead atoms. The van der Waals surface area contributed by atoms with Crippen LogP contribution in [0.5, 0.6) is 0 Å². The van der Waals surface area contributed by atoms with Gasteiger partial charge in [-0.1, -0.05) is 25.5 Å². The second-order valence-electron chi connectivity index (χ2n) is 10.5. The average Bonchev–Trinajstić information content (AvgIpc) is 2.96. The predicted octanol–water partition coefficient (Wildman–Crippen LogP) is 2.15. The maximum Gasteiger partial charge on any atom is 0.178 e. The Kier molecular flexibility index (Phi) is 6.20. The number of carbonyl (C=O) groups is 2. The number of Topliss-reactive ketones (excluding diaryl/α,β-unsaturated/α-hetero) is 1. The van der Waals surface area contributed by atoms with Crippen molar-refractivity contribution in [3.63, 3.8) is 0 Å². The van der Waals surface area contributed by atoms with Crippen molar-refractivity contribution < 1.29 is 30.0 Å². The first-order valence-corrected chi connectivity index (χ1v) is 11.0. The van der Waals surface area contributed by atoms with Crippen LogP contribution in [0, 0.1) is 34.5 Å². The fourth-order valence-electron chi connectivity index (χ4n) is 6.96. The summed E-state index contributed by atoms with van der Waals surface area (Å²) in [4.78, 5) is 24.1. The van der Waals surface area contributed by atoms with Crippen molar-refractivity contribution in [2.75, 3.05) is 6.61 Å². The summed E-state index contributed by atoms with van der Waals surface area (Å²) in [6.45, 7) is 6.51. The van der Waals surface area contributed by atoms with E-state index >= 15 is 0 Å². The number of rotatable bonds is 2. The average molecular weight is 421 g/mol. The monoisotopic (exact) mass is 420 g/mol. The highest BCUT2D eigenvalue weighted by atomic mass is 16.5. The lowest BCUT2D eigenvalue weighted by Crippen LogP contribution is -2.56. The van der Waals surface area contributed by atoms with Gasteiger partial charge in [0.15, 0.2) is 17.4 Å². The lowest BCUT2D eigenvalue weighted by molar-refractivity contribution is -0.141. The Morgan fingerprint density at radius 3 is 2.43 bits per heavy atom. The molecule has 0 aromatic rings. The predicted molar refractivity (Wildman–Crippen MR) is 112 cm³/mol. The van der Waals surface area contributed by atoms with E-state index in [-0.39, 0.29) is 34.2 Å². The number of ketones is 2. The SMILES string of the molecule is CC(C)(O)O.CC12C=CC(=O)C=C1CC[C@@H]1C2[C@@H](O)CC2(C)C(C(=O)CO)CCC12. The highest BCUT2D eigenvalue weighted by molar-refractivity contribution is 6.01. The minimum absolute atomic E-state index is 0.0514. The van der Waals surface area contributed by atoms with E-state index in [9.17, 15) is 19.8 Å². The van der Waals surface area contributed by atoms with Crippen LogP contribution in [0.2, 0.25) is 0 Å². The van der Waals surface area contributed by atoms with E-state index in [1.807, 2.05) is 6.08 Å². The third-order valence-electron chi connectivity index (χ3n) is 8.04. The molecule has 3 saturated carbocycles. The Bertz CT molecular complexity index is 756. The Morgan fingerprint density at radius 1 is 1.20 bits per heavy atom. The molecule has 4 rings (SSSR count). The third-order valence-corrected chi connectivity index (χ3v) is 8.04. The van der Waals surface area contributed by atoms with Gasteiger partial charge in [-0.15, -0.1) is 0 Å². The first-order chi connectivity index (χ1) is 13.8. The van der Waals surface area contributed by atoms with Gasteiger partial charge >= 0.3 is 0 Å². The lowest BCUT2D eigenvalue weighted by atomic mass is 9.46. The van der Waals surface area contributed by atoms with Crippen molar-refractivity contribution in [3.05, 3.63) is 23.8 Å². The lowest BCUT2D eigenvalue weighted by Gasteiger charge is -2.58. The molecule has 5 unspecified atom stereocenters. The molecule has 0 aliphatic heterocycles. The van der Waals surface area contributed by atoms with Crippen LogP contribution in [-0.2, 0) is 9.59 Å². The van der Waals surface area contributed by atoms with Crippen molar-refractivity contribution in [2.45, 2.75) is 71.7 Å². The van der Waals surface area contributed by atoms with Gasteiger partial charge in [-0.2, -0.15) is 0 Å². The molecule has 0 heterocycles. The van der Waals surface area contributed by atoms with Gasteiger partial charge < -0.3 is 20.4 Å². The molecule has 0 radical (unpaired) electrons. The molecule has 0 aromatic carbocycles. The van der Waals surface area contributed by atoms with Gasteiger partial charge in [-0.3, -0.25) is 9.59 Å². The zero-order chi connectivity index (χ0) is 22.5. The molecule has 4 aliphatic rings. The maximum atomic E-state index is 12.3. The number of allylic oxidation sites excluding steroid dienone is 4. The third kappa shape index (κ3) is 4.07. The first kappa shape index (κ1) is 23.3. The molecular formula is C24H36O6. The molecular weight excluding hydrogens is 384 g/mol. The standard InChI is InChI=1S/C21H28O4.C3H8O2/c1-20-8-7-13(23)9-12(20)3-4-14-15-5-6-16(18(25)11-22)21(15,2)10-17(24)19(14)20;1-3(2,4)5/h7-9,14-17,19,22,24H,3-6,10-11H2,1-2H3;4-5H,1-2H3/t14-,15?,16?,17-,19?,20?,21?;/m0./s1. The van der Waals surface area contributed by atoms with E-state index in [2.05, 4.69) is 13.8 Å². The van der Waals surface area contributed by atoms with Crippen LogP contribution in [-0.4, -0.2) is 50.5 Å². The van der Waals surface area contributed by atoms with Crippen LogP contribution in [0.25, 0.3) is 0 Å². The van der Waals surface area contributed by atoms with Crippen molar-refractivity contribution in [3.8, 4) is 0 Å². The van der Waals surface area contributed by atoms with E-state index in [1.54, 1.807) is 12.2 Å². The van der Waals surface area contributed by atoms with E-state index in [4.69, 9.17) is 10.2 Å². The van der Waals surface area contributed by atoms with Crippen LogP contribution in [0.15, 0.2) is 23.8 Å². The molecule has 6 nitrogen and oxygen atoms in total. The van der Waals surface area contributed by atoms with Crippen molar-refractivity contribution in [1.29, 1.82) is 0 Å². The molecule has 0 saturated heterocycles. The van der Waals surface area contributed by atoms with Crippen LogP contribution in [0.4, 0.5) is 0 Å². The fourth-order valence-corrected chi connectivity index (χ4v) is 6.96. The molecule has 6 heteroatoms. The molecule has 4 aliphatic carbocycles. The first-order valence-electron chi connectivity index (χ1n) is 11.0. The van der Waals surface area contributed by atoms with Gasteiger partial charge in [0.25, 0.3) is 0 Å². The second kappa shape index (κ2) is 7.97. The molecule has 168 valence electrons. The zero-order valence-corrected chi connectivity index (χ0v) is 18.5. The van der Waals surface area contributed by atoms with E-state index in [1.165, 1.54) is 13.8 Å². The van der Waals surface area contributed by atoms with Crippen molar-refractivity contribution in [1.82, 2.24) is 0 Å².